The van der Waals surface area contributed by atoms with Crippen LogP contribution in [0.1, 0.15) is 25.8 Å². The minimum Gasteiger partial charge on any atom is -0.497 e. The molecule has 5 nitrogen and oxygen atoms in total. The number of nitrogens with zero attached hydrogens (tertiary/aromatic N) is 1. The summed E-state index contributed by atoms with van der Waals surface area (Å²) in [6, 6.07) is 7.59. The van der Waals surface area contributed by atoms with Gasteiger partial charge in [0.05, 0.1) is 7.11 Å². The van der Waals surface area contributed by atoms with Crippen LogP contribution in [-0.4, -0.2) is 35.9 Å². The van der Waals surface area contributed by atoms with Crippen LogP contribution in [0.15, 0.2) is 24.3 Å². The maximum absolute atomic E-state index is 12.4. The topological polar surface area (TPSA) is 58.6 Å². The number of methoxy groups -OCH3 is 1. The lowest BCUT2D eigenvalue weighted by Crippen LogP contribution is -2.52. The van der Waals surface area contributed by atoms with Gasteiger partial charge in [0, 0.05) is 19.5 Å². The Morgan fingerprint density at radius 1 is 1.25 bits per heavy atom. The maximum atomic E-state index is 12.4. The number of rotatable bonds is 3. The van der Waals surface area contributed by atoms with Crippen LogP contribution >= 0.6 is 0 Å². The van der Waals surface area contributed by atoms with Gasteiger partial charge in [-0.1, -0.05) is 12.1 Å². The van der Waals surface area contributed by atoms with Gasteiger partial charge in [0.25, 0.3) is 0 Å². The van der Waals surface area contributed by atoms with Crippen LogP contribution in [0.2, 0.25) is 0 Å². The summed E-state index contributed by atoms with van der Waals surface area (Å²) in [6.07, 6.45) is 0.339. The number of hydrogen-bond acceptors (Lipinski definition) is 3. The van der Waals surface area contributed by atoms with Crippen molar-refractivity contribution in [1.29, 1.82) is 0 Å². The molecule has 1 aliphatic heterocycles. The monoisotopic (exact) mass is 276 g/mol. The molecule has 1 fully saturated rings. The van der Waals surface area contributed by atoms with Crippen LogP contribution in [0.4, 0.5) is 0 Å². The van der Waals surface area contributed by atoms with Crippen LogP contribution < -0.4 is 10.1 Å². The van der Waals surface area contributed by atoms with E-state index in [4.69, 9.17) is 4.74 Å². The molecular formula is C15H20N2O3. The number of carbonyl (C=O) groups is 2. The molecule has 0 bridgehead atoms. The molecule has 1 aliphatic rings. The third-order valence-corrected chi connectivity index (χ3v) is 3.42. The fourth-order valence-corrected chi connectivity index (χ4v) is 2.30. The van der Waals surface area contributed by atoms with Crippen molar-refractivity contribution in [3.8, 4) is 5.75 Å². The smallest absolute Gasteiger partial charge is 0.248 e. The highest BCUT2D eigenvalue weighted by Gasteiger charge is 2.36. The molecule has 2 amide bonds. The first-order valence-electron chi connectivity index (χ1n) is 6.66. The van der Waals surface area contributed by atoms with Gasteiger partial charge >= 0.3 is 0 Å². The summed E-state index contributed by atoms with van der Waals surface area (Å²) in [7, 11) is 1.62. The lowest BCUT2D eigenvalue weighted by atomic mass is 10.0. The number of hydrogen-bond donors (Lipinski definition) is 1. The molecule has 0 radical (unpaired) electrons. The predicted octanol–water partition coefficient (Wildman–Crippen LogP) is 1.32. The van der Waals surface area contributed by atoms with Gasteiger partial charge in [-0.25, -0.2) is 0 Å². The number of ether oxygens (including phenoxy) is 1. The van der Waals surface area contributed by atoms with Gasteiger partial charge in [-0.15, -0.1) is 0 Å². The highest BCUT2D eigenvalue weighted by molar-refractivity contribution is 5.92. The molecule has 0 aliphatic carbocycles. The summed E-state index contributed by atoms with van der Waals surface area (Å²) in [5.74, 6) is 0.646. The third-order valence-electron chi connectivity index (χ3n) is 3.42. The van der Waals surface area contributed by atoms with Gasteiger partial charge in [-0.2, -0.15) is 0 Å². The zero-order chi connectivity index (χ0) is 14.8. The van der Waals surface area contributed by atoms with Crippen molar-refractivity contribution >= 4 is 11.8 Å². The first kappa shape index (κ1) is 14.4. The fourth-order valence-electron chi connectivity index (χ4n) is 2.30. The predicted molar refractivity (Wildman–Crippen MR) is 75.2 cm³/mol. The van der Waals surface area contributed by atoms with E-state index >= 15 is 0 Å². The van der Waals surface area contributed by atoms with Gasteiger partial charge < -0.3 is 15.0 Å². The maximum Gasteiger partial charge on any atom is 0.248 e. The van der Waals surface area contributed by atoms with E-state index in [0.29, 0.717) is 19.5 Å². The van der Waals surface area contributed by atoms with Crippen molar-refractivity contribution in [2.24, 2.45) is 0 Å². The molecule has 1 saturated heterocycles. The first-order chi connectivity index (χ1) is 9.42. The lowest BCUT2D eigenvalue weighted by molar-refractivity contribution is -0.137. The van der Waals surface area contributed by atoms with Gasteiger partial charge in [0.2, 0.25) is 11.8 Å². The number of nitrogens with one attached hydrogen (secondary N) is 1. The molecule has 0 aromatic heterocycles. The Balaban J connectivity index is 2.14. The lowest BCUT2D eigenvalue weighted by Gasteiger charge is -2.28. The molecule has 1 N–H and O–H groups in total. The third kappa shape index (κ3) is 3.10. The number of carbonyl (C=O) groups excluding carboxylic acids is 2. The molecule has 5 heteroatoms. The van der Waals surface area contributed by atoms with E-state index in [1.54, 1.807) is 25.9 Å². The van der Waals surface area contributed by atoms with Crippen molar-refractivity contribution in [2.45, 2.75) is 32.4 Å². The highest BCUT2D eigenvalue weighted by Crippen LogP contribution is 2.18. The molecule has 0 spiro atoms. The van der Waals surface area contributed by atoms with Crippen LogP contribution in [0, 0.1) is 0 Å². The van der Waals surface area contributed by atoms with E-state index in [1.165, 1.54) is 0 Å². The van der Waals surface area contributed by atoms with E-state index in [-0.39, 0.29) is 11.8 Å². The Kier molecular flexibility index (Phi) is 3.97. The van der Waals surface area contributed by atoms with Gasteiger partial charge in [-0.05, 0) is 31.5 Å². The van der Waals surface area contributed by atoms with Crippen molar-refractivity contribution in [2.75, 3.05) is 13.7 Å². The number of benzene rings is 1. The van der Waals surface area contributed by atoms with Crippen molar-refractivity contribution < 1.29 is 14.3 Å². The normalized spacial score (nSPS) is 18.4. The largest absolute Gasteiger partial charge is 0.497 e. The summed E-state index contributed by atoms with van der Waals surface area (Å²) >= 11 is 0. The molecule has 108 valence electrons. The van der Waals surface area contributed by atoms with Crippen LogP contribution in [0.25, 0.3) is 0 Å². The summed E-state index contributed by atoms with van der Waals surface area (Å²) in [5, 5.41) is 2.75. The minimum absolute atomic E-state index is 0.0563. The Hall–Kier alpha value is -2.04. The van der Waals surface area contributed by atoms with E-state index in [2.05, 4.69) is 5.32 Å². The molecule has 1 aromatic rings. The number of amides is 2. The zero-order valence-corrected chi connectivity index (χ0v) is 12.1. The minimum atomic E-state index is -0.847. The molecular weight excluding hydrogens is 256 g/mol. The average Bonchev–Trinajstić information content (AvgIpc) is 2.51. The average molecular weight is 276 g/mol. The van der Waals surface area contributed by atoms with E-state index < -0.39 is 5.54 Å². The summed E-state index contributed by atoms with van der Waals surface area (Å²) in [5.41, 5.74) is 0.171. The van der Waals surface area contributed by atoms with Gasteiger partial charge in [0.1, 0.15) is 11.3 Å². The molecule has 0 atom stereocenters. The van der Waals surface area contributed by atoms with Crippen LogP contribution in [0.5, 0.6) is 5.75 Å². The fraction of sp³-hybridized carbons (Fsp3) is 0.467. The van der Waals surface area contributed by atoms with Crippen molar-refractivity contribution in [3.63, 3.8) is 0 Å². The summed E-state index contributed by atoms with van der Waals surface area (Å²) in [6.45, 7) is 4.42. The second kappa shape index (κ2) is 5.53. The van der Waals surface area contributed by atoms with Crippen molar-refractivity contribution in [1.82, 2.24) is 10.2 Å². The Bertz CT molecular complexity index is 508. The first-order valence-corrected chi connectivity index (χ1v) is 6.66. The highest BCUT2D eigenvalue weighted by atomic mass is 16.5. The second-order valence-electron chi connectivity index (χ2n) is 5.50. The van der Waals surface area contributed by atoms with Gasteiger partial charge in [-0.3, -0.25) is 9.59 Å². The molecule has 0 saturated carbocycles. The van der Waals surface area contributed by atoms with Crippen LogP contribution in [0.3, 0.4) is 0 Å². The van der Waals surface area contributed by atoms with E-state index in [9.17, 15) is 9.59 Å². The quantitative estimate of drug-likeness (QED) is 0.906. The van der Waals surface area contributed by atoms with Crippen molar-refractivity contribution in [3.05, 3.63) is 29.8 Å². The summed E-state index contributed by atoms with van der Waals surface area (Å²) in [4.78, 5) is 25.8. The second-order valence-corrected chi connectivity index (χ2v) is 5.50. The van der Waals surface area contributed by atoms with Crippen LogP contribution in [-0.2, 0) is 16.1 Å². The SMILES string of the molecule is COc1ccc(CN2CCC(=O)NC(C)(C)C2=O)cc1. The summed E-state index contributed by atoms with van der Waals surface area (Å²) < 4.78 is 5.11. The standard InChI is InChI=1S/C15H20N2O3/c1-15(2)14(19)17(9-8-13(18)16-15)10-11-4-6-12(20-3)7-5-11/h4-7H,8-10H2,1-3H3,(H,16,18). The zero-order valence-electron chi connectivity index (χ0n) is 12.1. The Labute approximate surface area is 118 Å². The molecule has 1 heterocycles. The van der Waals surface area contributed by atoms with E-state index in [0.717, 1.165) is 11.3 Å². The molecule has 20 heavy (non-hydrogen) atoms. The van der Waals surface area contributed by atoms with Gasteiger partial charge in [0.15, 0.2) is 0 Å². The Morgan fingerprint density at radius 2 is 1.90 bits per heavy atom. The Morgan fingerprint density at radius 3 is 2.50 bits per heavy atom. The molecule has 2 rings (SSSR count). The molecule has 1 aromatic carbocycles. The van der Waals surface area contributed by atoms with E-state index in [1.807, 2.05) is 24.3 Å². The molecule has 0 unspecified atom stereocenters.